The van der Waals surface area contributed by atoms with Crippen LogP contribution in [0.15, 0.2) is 36.4 Å². The maximum atomic E-state index is 8.70. The van der Waals surface area contributed by atoms with Crippen LogP contribution in [0.5, 0.6) is 0 Å². The SMILES string of the molecule is Cc1cc(C)nc(C)c1.Cc1cccc(B(O)O)c1. The third kappa shape index (κ3) is 5.68. The van der Waals surface area contributed by atoms with Crippen LogP contribution in [0, 0.1) is 27.7 Å². The highest BCUT2D eigenvalue weighted by Gasteiger charge is 2.08. The molecule has 2 N–H and O–H groups in total. The van der Waals surface area contributed by atoms with Crippen molar-refractivity contribution in [1.82, 2.24) is 4.98 Å². The molecular weight excluding hydrogens is 237 g/mol. The predicted octanol–water partition coefficient (Wildman–Crippen LogP) is 1.68. The molecule has 0 radical (unpaired) electrons. The molecule has 0 atom stereocenters. The second kappa shape index (κ2) is 7.07. The highest BCUT2D eigenvalue weighted by Crippen LogP contribution is 2.01. The first-order valence-corrected chi connectivity index (χ1v) is 6.23. The second-order valence-electron chi connectivity index (χ2n) is 4.72. The van der Waals surface area contributed by atoms with Crippen molar-refractivity contribution < 1.29 is 10.0 Å². The third-order valence-corrected chi connectivity index (χ3v) is 2.57. The summed E-state index contributed by atoms with van der Waals surface area (Å²) in [6, 6.07) is 11.3. The first kappa shape index (κ1) is 15.4. The fraction of sp³-hybridized carbons (Fsp3) is 0.267. The van der Waals surface area contributed by atoms with Gasteiger partial charge in [-0.1, -0.05) is 29.8 Å². The lowest BCUT2D eigenvalue weighted by Gasteiger charge is -1.98. The number of nitrogens with zero attached hydrogens (tertiary/aromatic N) is 1. The van der Waals surface area contributed by atoms with Gasteiger partial charge in [0.2, 0.25) is 0 Å². The number of aryl methyl sites for hydroxylation is 4. The monoisotopic (exact) mass is 257 g/mol. The van der Waals surface area contributed by atoms with Crippen molar-refractivity contribution in [2.24, 2.45) is 0 Å². The number of rotatable bonds is 1. The molecule has 2 aromatic rings. The van der Waals surface area contributed by atoms with Crippen molar-refractivity contribution in [2.45, 2.75) is 27.7 Å². The van der Waals surface area contributed by atoms with Crippen LogP contribution in [0.1, 0.15) is 22.5 Å². The molecular formula is C15H20BNO2. The summed E-state index contributed by atoms with van der Waals surface area (Å²) in [5.41, 5.74) is 5.07. The third-order valence-electron chi connectivity index (χ3n) is 2.57. The Hall–Kier alpha value is -1.65. The van der Waals surface area contributed by atoms with Gasteiger partial charge in [-0.05, 0) is 50.9 Å². The Morgan fingerprint density at radius 2 is 1.42 bits per heavy atom. The van der Waals surface area contributed by atoms with Crippen molar-refractivity contribution in [3.8, 4) is 0 Å². The van der Waals surface area contributed by atoms with E-state index in [1.165, 1.54) is 5.56 Å². The molecule has 0 aliphatic heterocycles. The topological polar surface area (TPSA) is 53.4 Å². The molecule has 0 unspecified atom stereocenters. The minimum absolute atomic E-state index is 0.542. The standard InChI is InChI=1S/C8H11N.C7H9BO2/c1-6-4-7(2)9-8(3)5-6;1-6-3-2-4-7(5-6)8(9)10/h4-5H,1-3H3;2-5,9-10H,1H3. The van der Waals surface area contributed by atoms with E-state index in [4.69, 9.17) is 10.0 Å². The van der Waals surface area contributed by atoms with Crippen LogP contribution in [-0.4, -0.2) is 22.2 Å². The summed E-state index contributed by atoms with van der Waals surface area (Å²) in [6.07, 6.45) is 0. The van der Waals surface area contributed by atoms with E-state index in [9.17, 15) is 0 Å². The van der Waals surface area contributed by atoms with Crippen LogP contribution in [-0.2, 0) is 0 Å². The van der Waals surface area contributed by atoms with E-state index < -0.39 is 7.12 Å². The molecule has 0 saturated carbocycles. The number of hydrogen-bond donors (Lipinski definition) is 2. The van der Waals surface area contributed by atoms with E-state index in [1.807, 2.05) is 26.8 Å². The maximum Gasteiger partial charge on any atom is 0.488 e. The van der Waals surface area contributed by atoms with Crippen molar-refractivity contribution in [3.63, 3.8) is 0 Å². The molecule has 100 valence electrons. The van der Waals surface area contributed by atoms with Crippen LogP contribution >= 0.6 is 0 Å². The Morgan fingerprint density at radius 1 is 0.842 bits per heavy atom. The molecule has 3 nitrogen and oxygen atoms in total. The summed E-state index contributed by atoms with van der Waals surface area (Å²) >= 11 is 0. The molecule has 1 aromatic heterocycles. The maximum absolute atomic E-state index is 8.70. The zero-order chi connectivity index (χ0) is 14.4. The van der Waals surface area contributed by atoms with Gasteiger partial charge >= 0.3 is 7.12 Å². The number of benzene rings is 1. The van der Waals surface area contributed by atoms with Gasteiger partial charge < -0.3 is 10.0 Å². The molecule has 0 amide bonds. The lowest BCUT2D eigenvalue weighted by Crippen LogP contribution is -2.29. The van der Waals surface area contributed by atoms with Crippen molar-refractivity contribution in [1.29, 1.82) is 0 Å². The molecule has 0 bridgehead atoms. The number of pyridine rings is 1. The Kier molecular flexibility index (Phi) is 5.73. The highest BCUT2D eigenvalue weighted by atomic mass is 16.4. The lowest BCUT2D eigenvalue weighted by atomic mass is 9.80. The first-order chi connectivity index (χ1) is 8.88. The van der Waals surface area contributed by atoms with Crippen LogP contribution in [0.2, 0.25) is 0 Å². The lowest BCUT2D eigenvalue weighted by molar-refractivity contribution is 0.425. The van der Waals surface area contributed by atoms with Crippen molar-refractivity contribution >= 4 is 12.6 Å². The molecule has 19 heavy (non-hydrogen) atoms. The van der Waals surface area contributed by atoms with Crippen LogP contribution in [0.25, 0.3) is 0 Å². The van der Waals surface area contributed by atoms with E-state index in [2.05, 4.69) is 24.0 Å². The molecule has 4 heteroatoms. The summed E-state index contributed by atoms with van der Waals surface area (Å²) in [7, 11) is -1.35. The van der Waals surface area contributed by atoms with E-state index in [0.717, 1.165) is 17.0 Å². The van der Waals surface area contributed by atoms with E-state index >= 15 is 0 Å². The van der Waals surface area contributed by atoms with Gasteiger partial charge in [0.1, 0.15) is 0 Å². The quantitative estimate of drug-likeness (QED) is 0.764. The van der Waals surface area contributed by atoms with Gasteiger partial charge in [0.05, 0.1) is 0 Å². The average Bonchev–Trinajstić information content (AvgIpc) is 2.27. The van der Waals surface area contributed by atoms with Gasteiger partial charge in [-0.3, -0.25) is 4.98 Å². The van der Waals surface area contributed by atoms with Gasteiger partial charge in [-0.15, -0.1) is 0 Å². The van der Waals surface area contributed by atoms with Gasteiger partial charge in [0.25, 0.3) is 0 Å². The van der Waals surface area contributed by atoms with Crippen molar-refractivity contribution in [3.05, 3.63) is 58.9 Å². The van der Waals surface area contributed by atoms with Crippen LogP contribution in [0.4, 0.5) is 0 Å². The van der Waals surface area contributed by atoms with Crippen molar-refractivity contribution in [2.75, 3.05) is 0 Å². The molecule has 0 fully saturated rings. The molecule has 0 saturated heterocycles. The van der Waals surface area contributed by atoms with E-state index in [0.29, 0.717) is 5.46 Å². The Labute approximate surface area is 115 Å². The fourth-order valence-corrected chi connectivity index (χ4v) is 1.87. The average molecular weight is 257 g/mol. The van der Waals surface area contributed by atoms with Gasteiger partial charge in [-0.25, -0.2) is 0 Å². The molecule has 0 aliphatic rings. The summed E-state index contributed by atoms with van der Waals surface area (Å²) in [5, 5.41) is 17.4. The molecule has 0 spiro atoms. The van der Waals surface area contributed by atoms with Gasteiger partial charge in [-0.2, -0.15) is 0 Å². The van der Waals surface area contributed by atoms with E-state index in [-0.39, 0.29) is 0 Å². The molecule has 0 aliphatic carbocycles. The summed E-state index contributed by atoms with van der Waals surface area (Å²) in [5.74, 6) is 0. The summed E-state index contributed by atoms with van der Waals surface area (Å²) in [4.78, 5) is 4.23. The first-order valence-electron chi connectivity index (χ1n) is 6.23. The Balaban J connectivity index is 0.000000191. The Bertz CT molecular complexity index is 491. The number of hydrogen-bond acceptors (Lipinski definition) is 3. The van der Waals surface area contributed by atoms with Crippen LogP contribution < -0.4 is 5.46 Å². The summed E-state index contributed by atoms with van der Waals surface area (Å²) < 4.78 is 0. The normalized spacial score (nSPS) is 9.58. The minimum atomic E-state index is -1.35. The summed E-state index contributed by atoms with van der Waals surface area (Å²) in [6.45, 7) is 8.02. The predicted molar refractivity (Wildman–Crippen MR) is 79.5 cm³/mol. The molecule has 1 aromatic carbocycles. The zero-order valence-electron chi connectivity index (χ0n) is 11.9. The van der Waals surface area contributed by atoms with E-state index in [1.54, 1.807) is 18.2 Å². The Morgan fingerprint density at radius 3 is 1.79 bits per heavy atom. The highest BCUT2D eigenvalue weighted by molar-refractivity contribution is 6.58. The van der Waals surface area contributed by atoms with Gasteiger partial charge in [0.15, 0.2) is 0 Å². The largest absolute Gasteiger partial charge is 0.488 e. The molecule has 2 rings (SSSR count). The molecule has 1 heterocycles. The van der Waals surface area contributed by atoms with Gasteiger partial charge in [0, 0.05) is 11.4 Å². The smallest absolute Gasteiger partial charge is 0.423 e. The number of aromatic nitrogens is 1. The van der Waals surface area contributed by atoms with Crippen LogP contribution in [0.3, 0.4) is 0 Å². The second-order valence-corrected chi connectivity index (χ2v) is 4.72. The zero-order valence-corrected chi connectivity index (χ0v) is 11.9. The minimum Gasteiger partial charge on any atom is -0.423 e. The fourth-order valence-electron chi connectivity index (χ4n) is 1.87.